The van der Waals surface area contributed by atoms with Crippen molar-refractivity contribution in [3.8, 4) is 0 Å². The first kappa shape index (κ1) is 12.7. The quantitative estimate of drug-likeness (QED) is 0.916. The topological polar surface area (TPSA) is 72.2 Å². The van der Waals surface area contributed by atoms with Crippen molar-refractivity contribution in [3.05, 3.63) is 47.6 Å². The number of nitrogens with one attached hydrogen (secondary N) is 1. The van der Waals surface area contributed by atoms with E-state index in [9.17, 15) is 12.8 Å². The molecule has 0 radical (unpaired) electrons. The number of nitrogens with zero attached hydrogens (tertiary/aromatic N) is 1. The van der Waals surface area contributed by atoms with Crippen LogP contribution in [0.2, 0.25) is 0 Å². The lowest BCUT2D eigenvalue weighted by Crippen LogP contribution is -2.24. The van der Waals surface area contributed by atoms with E-state index in [0.717, 1.165) is 6.07 Å². The molecule has 0 saturated heterocycles. The SMILES string of the molecule is Cc1ccc(F)c(S(=O)(=O)NCc2ccno2)c1. The highest BCUT2D eigenvalue weighted by atomic mass is 32.2. The van der Waals surface area contributed by atoms with Crippen LogP contribution in [-0.4, -0.2) is 13.6 Å². The van der Waals surface area contributed by atoms with Crippen LogP contribution in [-0.2, 0) is 16.6 Å². The first-order valence-corrected chi connectivity index (χ1v) is 6.63. The number of sulfonamides is 1. The van der Waals surface area contributed by atoms with Gasteiger partial charge in [0.25, 0.3) is 0 Å². The maximum Gasteiger partial charge on any atom is 0.243 e. The summed E-state index contributed by atoms with van der Waals surface area (Å²) in [5, 5.41) is 3.44. The van der Waals surface area contributed by atoms with Gasteiger partial charge in [-0.15, -0.1) is 0 Å². The van der Waals surface area contributed by atoms with Gasteiger partial charge in [0.1, 0.15) is 10.7 Å². The summed E-state index contributed by atoms with van der Waals surface area (Å²) in [4.78, 5) is -0.373. The summed E-state index contributed by atoms with van der Waals surface area (Å²) >= 11 is 0. The lowest BCUT2D eigenvalue weighted by Gasteiger charge is -2.06. The smallest absolute Gasteiger partial charge is 0.243 e. The van der Waals surface area contributed by atoms with Crippen LogP contribution in [0.1, 0.15) is 11.3 Å². The zero-order valence-corrected chi connectivity index (χ0v) is 10.4. The first-order chi connectivity index (χ1) is 8.49. The van der Waals surface area contributed by atoms with Crippen molar-refractivity contribution in [2.45, 2.75) is 18.4 Å². The Morgan fingerprint density at radius 3 is 2.83 bits per heavy atom. The Hall–Kier alpha value is -1.73. The molecular weight excluding hydrogens is 259 g/mol. The molecule has 1 N–H and O–H groups in total. The van der Waals surface area contributed by atoms with Gasteiger partial charge in [-0.25, -0.2) is 17.5 Å². The van der Waals surface area contributed by atoms with Gasteiger partial charge in [0.2, 0.25) is 10.0 Å². The summed E-state index contributed by atoms with van der Waals surface area (Å²) in [7, 11) is -3.90. The molecule has 1 heterocycles. The molecule has 7 heteroatoms. The van der Waals surface area contributed by atoms with Gasteiger partial charge in [-0.1, -0.05) is 11.2 Å². The molecule has 0 aliphatic carbocycles. The molecule has 96 valence electrons. The fourth-order valence-electron chi connectivity index (χ4n) is 1.39. The highest BCUT2D eigenvalue weighted by Crippen LogP contribution is 2.16. The molecule has 1 aromatic heterocycles. The third-order valence-electron chi connectivity index (χ3n) is 2.30. The molecule has 0 aliphatic rings. The molecule has 2 rings (SSSR count). The number of hydrogen-bond acceptors (Lipinski definition) is 4. The lowest BCUT2D eigenvalue weighted by molar-refractivity contribution is 0.380. The fourth-order valence-corrected chi connectivity index (χ4v) is 2.55. The van der Waals surface area contributed by atoms with E-state index in [0.29, 0.717) is 11.3 Å². The van der Waals surface area contributed by atoms with E-state index in [1.807, 2.05) is 0 Å². The molecule has 0 fully saturated rings. The average molecular weight is 270 g/mol. The van der Waals surface area contributed by atoms with E-state index in [1.54, 1.807) is 6.92 Å². The summed E-state index contributed by atoms with van der Waals surface area (Å²) < 4.78 is 44.2. The monoisotopic (exact) mass is 270 g/mol. The van der Waals surface area contributed by atoms with Gasteiger partial charge in [0.05, 0.1) is 12.7 Å². The molecule has 5 nitrogen and oxygen atoms in total. The van der Waals surface area contributed by atoms with Gasteiger partial charge in [-0.05, 0) is 24.6 Å². The Bertz CT molecular complexity index is 638. The van der Waals surface area contributed by atoms with Crippen molar-refractivity contribution in [2.24, 2.45) is 0 Å². The number of rotatable bonds is 4. The molecule has 2 aromatic rings. The van der Waals surface area contributed by atoms with Crippen molar-refractivity contribution in [3.63, 3.8) is 0 Å². The van der Waals surface area contributed by atoms with Crippen LogP contribution in [0.25, 0.3) is 0 Å². The minimum atomic E-state index is -3.90. The van der Waals surface area contributed by atoms with E-state index in [-0.39, 0.29) is 11.4 Å². The molecule has 0 unspecified atom stereocenters. The molecular formula is C11H11FN2O3S. The molecule has 0 amide bonds. The summed E-state index contributed by atoms with van der Waals surface area (Å²) in [5.74, 6) is -0.433. The number of benzene rings is 1. The number of aromatic nitrogens is 1. The maximum atomic E-state index is 13.5. The van der Waals surface area contributed by atoms with Crippen LogP contribution in [0.3, 0.4) is 0 Å². The van der Waals surface area contributed by atoms with Crippen LogP contribution < -0.4 is 4.72 Å². The van der Waals surface area contributed by atoms with Crippen LogP contribution in [0.15, 0.2) is 39.9 Å². The first-order valence-electron chi connectivity index (χ1n) is 5.14. The van der Waals surface area contributed by atoms with Crippen molar-refractivity contribution in [1.29, 1.82) is 0 Å². The zero-order chi connectivity index (χ0) is 13.2. The number of hydrogen-bond donors (Lipinski definition) is 1. The second-order valence-corrected chi connectivity index (χ2v) is 5.47. The van der Waals surface area contributed by atoms with E-state index in [1.165, 1.54) is 24.4 Å². The summed E-state index contributed by atoms with van der Waals surface area (Å²) in [6.07, 6.45) is 1.40. The third kappa shape index (κ3) is 2.74. The van der Waals surface area contributed by atoms with Crippen LogP contribution in [0.5, 0.6) is 0 Å². The largest absolute Gasteiger partial charge is 0.360 e. The Kier molecular flexibility index (Phi) is 3.44. The van der Waals surface area contributed by atoms with Crippen LogP contribution >= 0.6 is 0 Å². The predicted octanol–water partition coefficient (Wildman–Crippen LogP) is 1.60. The minimum absolute atomic E-state index is 0.0737. The van der Waals surface area contributed by atoms with E-state index < -0.39 is 15.8 Å². The molecule has 1 aromatic carbocycles. The standard InChI is InChI=1S/C11H11FN2O3S/c1-8-2-3-10(12)11(6-8)18(15,16)14-7-9-4-5-13-17-9/h2-6,14H,7H2,1H3. The van der Waals surface area contributed by atoms with Gasteiger partial charge in [0.15, 0.2) is 5.76 Å². The lowest BCUT2D eigenvalue weighted by atomic mass is 10.2. The minimum Gasteiger partial charge on any atom is -0.360 e. The number of halogens is 1. The van der Waals surface area contributed by atoms with Crippen molar-refractivity contribution in [1.82, 2.24) is 9.88 Å². The average Bonchev–Trinajstić information content (AvgIpc) is 2.83. The van der Waals surface area contributed by atoms with Gasteiger partial charge >= 0.3 is 0 Å². The Morgan fingerprint density at radius 2 is 2.17 bits per heavy atom. The van der Waals surface area contributed by atoms with E-state index in [4.69, 9.17) is 4.52 Å². The fraction of sp³-hybridized carbons (Fsp3) is 0.182. The normalized spacial score (nSPS) is 11.7. The molecule has 0 bridgehead atoms. The second kappa shape index (κ2) is 4.87. The molecule has 0 atom stereocenters. The summed E-state index contributed by atoms with van der Waals surface area (Å²) in [5.41, 5.74) is 0.663. The Balaban J connectivity index is 2.22. The van der Waals surface area contributed by atoms with Crippen LogP contribution in [0.4, 0.5) is 4.39 Å². The molecule has 0 saturated carbocycles. The molecule has 0 spiro atoms. The second-order valence-electron chi connectivity index (χ2n) is 3.74. The summed E-state index contributed by atoms with van der Waals surface area (Å²) in [6, 6.07) is 5.43. The maximum absolute atomic E-state index is 13.5. The van der Waals surface area contributed by atoms with Gasteiger partial charge < -0.3 is 4.52 Å². The van der Waals surface area contributed by atoms with Crippen LogP contribution in [0, 0.1) is 12.7 Å². The summed E-state index contributed by atoms with van der Waals surface area (Å²) in [6.45, 7) is 1.62. The van der Waals surface area contributed by atoms with Gasteiger partial charge in [-0.3, -0.25) is 0 Å². The Morgan fingerprint density at radius 1 is 1.39 bits per heavy atom. The third-order valence-corrected chi connectivity index (χ3v) is 3.72. The van der Waals surface area contributed by atoms with Crippen molar-refractivity contribution >= 4 is 10.0 Å². The van der Waals surface area contributed by atoms with Crippen molar-refractivity contribution < 1.29 is 17.3 Å². The highest BCUT2D eigenvalue weighted by Gasteiger charge is 2.19. The van der Waals surface area contributed by atoms with Gasteiger partial charge in [0, 0.05) is 6.07 Å². The van der Waals surface area contributed by atoms with E-state index >= 15 is 0 Å². The predicted molar refractivity (Wildman–Crippen MR) is 61.7 cm³/mol. The number of aryl methyl sites for hydroxylation is 1. The zero-order valence-electron chi connectivity index (χ0n) is 9.55. The van der Waals surface area contributed by atoms with E-state index in [2.05, 4.69) is 9.88 Å². The molecule has 18 heavy (non-hydrogen) atoms. The highest BCUT2D eigenvalue weighted by molar-refractivity contribution is 7.89. The Labute approximate surface area is 104 Å². The molecule has 0 aliphatic heterocycles. The van der Waals surface area contributed by atoms with Gasteiger partial charge in [-0.2, -0.15) is 0 Å². The van der Waals surface area contributed by atoms with Crippen molar-refractivity contribution in [2.75, 3.05) is 0 Å².